The van der Waals surface area contributed by atoms with Crippen molar-refractivity contribution in [3.63, 3.8) is 0 Å². The van der Waals surface area contributed by atoms with Gasteiger partial charge in [0.1, 0.15) is 0 Å². The van der Waals surface area contributed by atoms with Crippen LogP contribution in [0.5, 0.6) is 0 Å². The molecule has 5 nitrogen and oxygen atoms in total. The summed E-state index contributed by atoms with van der Waals surface area (Å²) in [4.78, 5) is 23.7. The molecule has 48 heavy (non-hydrogen) atoms. The molecule has 0 atom stereocenters. The molecule has 0 N–H and O–H groups in total. The first-order chi connectivity index (χ1) is 23.8. The van der Waals surface area contributed by atoms with Crippen molar-refractivity contribution in [2.75, 3.05) is 0 Å². The van der Waals surface area contributed by atoms with Gasteiger partial charge in [0.2, 0.25) is 0 Å². The predicted molar refractivity (Wildman–Crippen MR) is 193 cm³/mol. The number of hydrogen-bond donors (Lipinski definition) is 0. The van der Waals surface area contributed by atoms with Crippen molar-refractivity contribution in [2.24, 2.45) is 0 Å². The minimum atomic E-state index is 0.615. The summed E-state index contributed by atoms with van der Waals surface area (Å²) in [5, 5.41) is 0. The highest BCUT2D eigenvalue weighted by Crippen LogP contribution is 2.35. The molecule has 0 saturated carbocycles. The van der Waals surface area contributed by atoms with Crippen LogP contribution in [0.15, 0.2) is 176 Å². The number of pyridine rings is 2. The normalized spacial score (nSPS) is 10.9. The first-order valence-electron chi connectivity index (χ1n) is 15.8. The highest BCUT2D eigenvalue weighted by atomic mass is 15.0. The molecule has 8 rings (SSSR count). The van der Waals surface area contributed by atoms with Crippen molar-refractivity contribution in [1.29, 1.82) is 0 Å². The Hall–Kier alpha value is -6.59. The fourth-order valence-electron chi connectivity index (χ4n) is 5.79. The lowest BCUT2D eigenvalue weighted by atomic mass is 9.94. The number of nitrogens with zero attached hydrogens (tertiary/aromatic N) is 5. The van der Waals surface area contributed by atoms with Crippen LogP contribution in [0.2, 0.25) is 0 Å². The zero-order valence-corrected chi connectivity index (χ0v) is 26.0. The van der Waals surface area contributed by atoms with Crippen LogP contribution in [0, 0.1) is 0 Å². The van der Waals surface area contributed by atoms with Crippen LogP contribution in [-0.2, 0) is 0 Å². The summed E-state index contributed by atoms with van der Waals surface area (Å²) in [7, 11) is 0. The molecule has 0 amide bonds. The first kappa shape index (κ1) is 28.9. The molecule has 0 spiro atoms. The van der Waals surface area contributed by atoms with Gasteiger partial charge in [0.15, 0.2) is 17.5 Å². The second-order valence-electron chi connectivity index (χ2n) is 11.4. The predicted octanol–water partition coefficient (Wildman–Crippen LogP) is 10.3. The van der Waals surface area contributed by atoms with Gasteiger partial charge in [0.05, 0.1) is 5.69 Å². The molecule has 0 bridgehead atoms. The van der Waals surface area contributed by atoms with E-state index in [4.69, 9.17) is 15.0 Å². The van der Waals surface area contributed by atoms with Gasteiger partial charge in [-0.3, -0.25) is 9.97 Å². The number of benzene rings is 5. The highest BCUT2D eigenvalue weighted by Gasteiger charge is 2.15. The van der Waals surface area contributed by atoms with Crippen LogP contribution in [0.25, 0.3) is 78.8 Å². The molecule has 8 aromatic rings. The first-order valence-corrected chi connectivity index (χ1v) is 15.8. The third-order valence-electron chi connectivity index (χ3n) is 8.30. The molecule has 0 aliphatic carbocycles. The summed E-state index contributed by atoms with van der Waals surface area (Å²) < 4.78 is 0. The maximum absolute atomic E-state index is 5.04. The van der Waals surface area contributed by atoms with Crippen LogP contribution in [0.1, 0.15) is 0 Å². The van der Waals surface area contributed by atoms with E-state index in [0.29, 0.717) is 17.5 Å². The Morgan fingerprint density at radius 2 is 0.688 bits per heavy atom. The molecule has 3 heterocycles. The molecular weight excluding hydrogens is 587 g/mol. The lowest BCUT2D eigenvalue weighted by Crippen LogP contribution is -2.00. The number of hydrogen-bond acceptors (Lipinski definition) is 5. The fourth-order valence-corrected chi connectivity index (χ4v) is 5.79. The van der Waals surface area contributed by atoms with Gasteiger partial charge in [-0.1, -0.05) is 115 Å². The van der Waals surface area contributed by atoms with E-state index in [1.54, 1.807) is 0 Å². The Labute approximate surface area is 279 Å². The van der Waals surface area contributed by atoms with E-state index in [2.05, 4.69) is 76.7 Å². The highest BCUT2D eigenvalue weighted by molar-refractivity contribution is 5.82. The second kappa shape index (κ2) is 13.0. The molecule has 0 unspecified atom stereocenters. The SMILES string of the molecule is c1ccc(-c2nc(-c3ccccc3)nc(-c3cc(-c4ccc(-c5ccncc5)cc4)cc(-c4ccc(-c5ccccn5)cc4)c3)n2)cc1. The van der Waals surface area contributed by atoms with Crippen molar-refractivity contribution >= 4 is 0 Å². The van der Waals surface area contributed by atoms with E-state index in [0.717, 1.165) is 61.3 Å². The van der Waals surface area contributed by atoms with Crippen molar-refractivity contribution in [3.05, 3.63) is 176 Å². The Bertz CT molecular complexity index is 2130. The van der Waals surface area contributed by atoms with Crippen LogP contribution in [-0.4, -0.2) is 24.9 Å². The van der Waals surface area contributed by atoms with E-state index in [1.165, 1.54) is 0 Å². The van der Waals surface area contributed by atoms with Crippen LogP contribution < -0.4 is 0 Å². The number of rotatable bonds is 7. The zero-order chi connectivity index (χ0) is 32.1. The smallest absolute Gasteiger partial charge is 0.164 e. The maximum Gasteiger partial charge on any atom is 0.164 e. The molecule has 0 fully saturated rings. The van der Waals surface area contributed by atoms with E-state index >= 15 is 0 Å². The van der Waals surface area contributed by atoms with Gasteiger partial charge in [-0.15, -0.1) is 0 Å². The van der Waals surface area contributed by atoms with Gasteiger partial charge in [-0.05, 0) is 75.8 Å². The van der Waals surface area contributed by atoms with Gasteiger partial charge < -0.3 is 0 Å². The van der Waals surface area contributed by atoms with E-state index in [-0.39, 0.29) is 0 Å². The third-order valence-corrected chi connectivity index (χ3v) is 8.30. The molecule has 0 radical (unpaired) electrons. The lowest BCUT2D eigenvalue weighted by Gasteiger charge is -2.13. The Morgan fingerprint density at radius 1 is 0.271 bits per heavy atom. The minimum absolute atomic E-state index is 0.615. The molecule has 0 saturated heterocycles. The Morgan fingerprint density at radius 3 is 1.19 bits per heavy atom. The van der Waals surface area contributed by atoms with Crippen molar-refractivity contribution in [2.45, 2.75) is 0 Å². The van der Waals surface area contributed by atoms with Crippen molar-refractivity contribution in [3.8, 4) is 78.8 Å². The summed E-state index contributed by atoms with van der Waals surface area (Å²) in [6.45, 7) is 0. The molecular formula is C43H29N5. The van der Waals surface area contributed by atoms with Gasteiger partial charge >= 0.3 is 0 Å². The van der Waals surface area contributed by atoms with Gasteiger partial charge in [0, 0.05) is 40.8 Å². The largest absolute Gasteiger partial charge is 0.265 e. The Kier molecular flexibility index (Phi) is 7.83. The second-order valence-corrected chi connectivity index (χ2v) is 11.4. The van der Waals surface area contributed by atoms with E-state index < -0.39 is 0 Å². The fraction of sp³-hybridized carbons (Fsp3) is 0. The topological polar surface area (TPSA) is 64.5 Å². The molecule has 0 aliphatic rings. The van der Waals surface area contributed by atoms with Crippen LogP contribution in [0.3, 0.4) is 0 Å². The summed E-state index contributed by atoms with van der Waals surface area (Å²) in [5.74, 6) is 1.88. The summed E-state index contributed by atoms with van der Waals surface area (Å²) >= 11 is 0. The maximum atomic E-state index is 5.04. The summed E-state index contributed by atoms with van der Waals surface area (Å²) in [6, 6.07) is 53.9. The molecule has 226 valence electrons. The molecule has 5 heteroatoms. The lowest BCUT2D eigenvalue weighted by molar-refractivity contribution is 1.07. The van der Waals surface area contributed by atoms with Crippen molar-refractivity contribution in [1.82, 2.24) is 24.9 Å². The standard InChI is InChI=1S/C43H29N5/c1-3-9-35(10-4-1)41-46-42(36-11-5-2-6-12-36)48-43(47-41)39-28-37(31-16-14-30(15-17-31)33-22-25-44-26-23-33)27-38(29-39)32-18-20-34(21-19-32)40-13-7-8-24-45-40/h1-29H. The minimum Gasteiger partial charge on any atom is -0.265 e. The zero-order valence-electron chi connectivity index (χ0n) is 26.0. The van der Waals surface area contributed by atoms with E-state index in [1.807, 2.05) is 110 Å². The van der Waals surface area contributed by atoms with Gasteiger partial charge in [-0.2, -0.15) is 0 Å². The summed E-state index contributed by atoms with van der Waals surface area (Å²) in [6.07, 6.45) is 5.46. The quantitative estimate of drug-likeness (QED) is 0.178. The average Bonchev–Trinajstić information content (AvgIpc) is 3.19. The van der Waals surface area contributed by atoms with Gasteiger partial charge in [-0.25, -0.2) is 15.0 Å². The van der Waals surface area contributed by atoms with Gasteiger partial charge in [0.25, 0.3) is 0 Å². The monoisotopic (exact) mass is 615 g/mol. The third kappa shape index (κ3) is 6.13. The Balaban J connectivity index is 1.28. The van der Waals surface area contributed by atoms with Crippen LogP contribution in [0.4, 0.5) is 0 Å². The van der Waals surface area contributed by atoms with E-state index in [9.17, 15) is 0 Å². The average molecular weight is 616 g/mol. The molecule has 0 aliphatic heterocycles. The number of aromatic nitrogens is 5. The molecule has 5 aromatic carbocycles. The van der Waals surface area contributed by atoms with Crippen molar-refractivity contribution < 1.29 is 0 Å². The van der Waals surface area contributed by atoms with Crippen LogP contribution >= 0.6 is 0 Å². The molecule has 3 aromatic heterocycles. The summed E-state index contributed by atoms with van der Waals surface area (Å²) in [5.41, 5.74) is 11.4.